The number of H-pyrrole nitrogens is 2. The second-order valence-electron chi connectivity index (χ2n) is 7.36. The third kappa shape index (κ3) is 4.51. The topological polar surface area (TPSA) is 86.5 Å². The Balaban J connectivity index is 1.31. The molecule has 0 saturated heterocycles. The number of aromatic nitrogens is 4. The SMILES string of the molecule is O=C(Cc1cnc[nH]1)Nc1ccc(-c2ccc(-c3nc4ccc(C(F)(F)F)cc4[nH]3)s2)cc1. The average Bonchev–Trinajstić information content (AvgIpc) is 3.53. The maximum atomic E-state index is 13.0. The zero-order chi connectivity index (χ0) is 23.0. The van der Waals surface area contributed by atoms with E-state index in [1.165, 1.54) is 23.7 Å². The van der Waals surface area contributed by atoms with Crippen molar-refractivity contribution in [2.75, 3.05) is 5.32 Å². The number of alkyl halides is 3. The van der Waals surface area contributed by atoms with Crippen molar-refractivity contribution in [1.82, 2.24) is 19.9 Å². The van der Waals surface area contributed by atoms with Crippen LogP contribution in [-0.2, 0) is 17.4 Å². The van der Waals surface area contributed by atoms with Gasteiger partial charge in [0.1, 0.15) is 5.82 Å². The Labute approximate surface area is 189 Å². The van der Waals surface area contributed by atoms with E-state index in [4.69, 9.17) is 0 Å². The molecule has 6 nitrogen and oxygen atoms in total. The van der Waals surface area contributed by atoms with Crippen LogP contribution in [0.25, 0.3) is 32.2 Å². The van der Waals surface area contributed by atoms with Gasteiger partial charge in [-0.15, -0.1) is 11.3 Å². The molecular formula is C23H16F3N5OS. The van der Waals surface area contributed by atoms with Crippen LogP contribution in [0.15, 0.2) is 67.1 Å². The van der Waals surface area contributed by atoms with E-state index in [1.807, 2.05) is 36.4 Å². The van der Waals surface area contributed by atoms with Crippen LogP contribution in [0.4, 0.5) is 18.9 Å². The molecule has 0 spiro atoms. The van der Waals surface area contributed by atoms with Gasteiger partial charge in [-0.2, -0.15) is 13.2 Å². The smallest absolute Gasteiger partial charge is 0.348 e. The van der Waals surface area contributed by atoms with Crippen LogP contribution in [0.2, 0.25) is 0 Å². The number of hydrogen-bond acceptors (Lipinski definition) is 4. The van der Waals surface area contributed by atoms with Gasteiger partial charge in [-0.1, -0.05) is 12.1 Å². The number of carbonyl (C=O) groups excluding carboxylic acids is 1. The van der Waals surface area contributed by atoms with E-state index in [2.05, 4.69) is 25.3 Å². The number of thiophene rings is 1. The number of rotatable bonds is 5. The van der Waals surface area contributed by atoms with Crippen LogP contribution in [0.5, 0.6) is 0 Å². The minimum atomic E-state index is -4.40. The predicted octanol–water partition coefficient (Wildman–Crippen LogP) is 5.88. The summed E-state index contributed by atoms with van der Waals surface area (Å²) in [5.41, 5.74) is 2.46. The van der Waals surface area contributed by atoms with Crippen LogP contribution in [0.3, 0.4) is 0 Å². The maximum Gasteiger partial charge on any atom is 0.416 e. The summed E-state index contributed by atoms with van der Waals surface area (Å²) >= 11 is 1.47. The molecule has 0 aliphatic heterocycles. The molecule has 3 N–H and O–H groups in total. The lowest BCUT2D eigenvalue weighted by molar-refractivity contribution is -0.137. The lowest BCUT2D eigenvalue weighted by Gasteiger charge is -2.05. The van der Waals surface area contributed by atoms with Crippen molar-refractivity contribution in [2.24, 2.45) is 0 Å². The van der Waals surface area contributed by atoms with Crippen molar-refractivity contribution in [1.29, 1.82) is 0 Å². The first-order chi connectivity index (χ1) is 15.8. The molecule has 33 heavy (non-hydrogen) atoms. The van der Waals surface area contributed by atoms with Crippen LogP contribution in [0, 0.1) is 0 Å². The molecule has 0 radical (unpaired) electrons. The first-order valence-corrected chi connectivity index (χ1v) is 10.7. The highest BCUT2D eigenvalue weighted by atomic mass is 32.1. The number of imidazole rings is 2. The summed E-state index contributed by atoms with van der Waals surface area (Å²) in [4.78, 5) is 28.1. The lowest BCUT2D eigenvalue weighted by atomic mass is 10.1. The highest BCUT2D eigenvalue weighted by Gasteiger charge is 2.30. The average molecular weight is 467 g/mol. The minimum absolute atomic E-state index is 0.149. The molecule has 0 saturated carbocycles. The highest BCUT2D eigenvalue weighted by Crippen LogP contribution is 2.36. The number of halogens is 3. The van der Waals surface area contributed by atoms with E-state index in [-0.39, 0.29) is 12.3 Å². The van der Waals surface area contributed by atoms with Crippen molar-refractivity contribution < 1.29 is 18.0 Å². The number of carbonyl (C=O) groups is 1. The number of benzene rings is 2. The summed E-state index contributed by atoms with van der Waals surface area (Å²) in [6.07, 6.45) is -1.07. The van der Waals surface area contributed by atoms with Crippen LogP contribution in [-0.4, -0.2) is 25.8 Å². The Kier molecular flexibility index (Phi) is 5.21. The normalized spacial score (nSPS) is 11.7. The van der Waals surface area contributed by atoms with Crippen molar-refractivity contribution in [2.45, 2.75) is 12.6 Å². The van der Waals surface area contributed by atoms with E-state index in [0.29, 0.717) is 22.5 Å². The summed E-state index contributed by atoms with van der Waals surface area (Å²) in [5.74, 6) is 0.368. The van der Waals surface area contributed by atoms with Gasteiger partial charge in [0.15, 0.2) is 0 Å². The number of nitrogens with zero attached hydrogens (tertiary/aromatic N) is 2. The van der Waals surface area contributed by atoms with Crippen molar-refractivity contribution in [3.63, 3.8) is 0 Å². The van der Waals surface area contributed by atoms with Gasteiger partial charge in [0.05, 0.1) is 34.2 Å². The van der Waals surface area contributed by atoms with Crippen LogP contribution < -0.4 is 5.32 Å². The quantitative estimate of drug-likeness (QED) is 0.302. The van der Waals surface area contributed by atoms with Gasteiger partial charge in [0.2, 0.25) is 5.91 Å². The molecule has 0 fully saturated rings. The Bertz CT molecular complexity index is 1420. The molecule has 10 heteroatoms. The highest BCUT2D eigenvalue weighted by molar-refractivity contribution is 7.18. The van der Waals surface area contributed by atoms with Gasteiger partial charge in [0, 0.05) is 22.5 Å². The molecule has 3 aromatic heterocycles. The molecule has 0 unspecified atom stereocenters. The van der Waals surface area contributed by atoms with Gasteiger partial charge in [-0.3, -0.25) is 4.79 Å². The number of fused-ring (bicyclic) bond motifs is 1. The number of amides is 1. The molecule has 0 atom stereocenters. The predicted molar refractivity (Wildman–Crippen MR) is 121 cm³/mol. The Hall–Kier alpha value is -3.92. The fourth-order valence-electron chi connectivity index (χ4n) is 3.40. The first kappa shape index (κ1) is 21.0. The van der Waals surface area contributed by atoms with Crippen molar-refractivity contribution >= 4 is 34.0 Å². The largest absolute Gasteiger partial charge is 0.416 e. The second kappa shape index (κ2) is 8.21. The standard InChI is InChI=1S/C23H16F3N5OS/c24-23(25,26)14-3-6-17-18(9-14)31-22(30-17)20-8-7-19(33-20)13-1-4-15(5-2-13)29-21(32)10-16-11-27-12-28-16/h1-9,11-12H,10H2,(H,27,28)(H,29,32)(H,30,31). The van der Waals surface area contributed by atoms with Gasteiger partial charge in [0.25, 0.3) is 0 Å². The molecular weight excluding hydrogens is 451 g/mol. The number of aromatic amines is 2. The first-order valence-electron chi connectivity index (χ1n) is 9.90. The number of nitrogens with one attached hydrogen (secondary N) is 3. The van der Waals surface area contributed by atoms with Gasteiger partial charge in [-0.25, -0.2) is 9.97 Å². The molecule has 0 aliphatic rings. The van der Waals surface area contributed by atoms with E-state index < -0.39 is 11.7 Å². The fraction of sp³-hybridized carbons (Fsp3) is 0.0870. The third-order valence-electron chi connectivity index (χ3n) is 5.01. The molecule has 5 rings (SSSR count). The number of anilines is 1. The summed E-state index contributed by atoms with van der Waals surface area (Å²) < 4.78 is 38.9. The molecule has 2 aromatic carbocycles. The molecule has 5 aromatic rings. The molecule has 1 amide bonds. The summed E-state index contributed by atoms with van der Waals surface area (Å²) in [5, 5.41) is 2.84. The molecule has 0 bridgehead atoms. The number of hydrogen-bond donors (Lipinski definition) is 3. The summed E-state index contributed by atoms with van der Waals surface area (Å²) in [6, 6.07) is 14.7. The molecule has 0 aliphatic carbocycles. The minimum Gasteiger partial charge on any atom is -0.348 e. The van der Waals surface area contributed by atoms with Crippen LogP contribution in [0.1, 0.15) is 11.3 Å². The summed E-state index contributed by atoms with van der Waals surface area (Å²) in [6.45, 7) is 0. The van der Waals surface area contributed by atoms with Crippen molar-refractivity contribution in [3.8, 4) is 21.1 Å². The zero-order valence-electron chi connectivity index (χ0n) is 16.9. The third-order valence-corrected chi connectivity index (χ3v) is 6.15. The fourth-order valence-corrected chi connectivity index (χ4v) is 4.36. The summed E-state index contributed by atoms with van der Waals surface area (Å²) in [7, 11) is 0. The monoisotopic (exact) mass is 467 g/mol. The lowest BCUT2D eigenvalue weighted by Crippen LogP contribution is -2.14. The van der Waals surface area contributed by atoms with E-state index >= 15 is 0 Å². The molecule has 3 heterocycles. The van der Waals surface area contributed by atoms with Crippen molar-refractivity contribution in [3.05, 3.63) is 78.4 Å². The van der Waals surface area contributed by atoms with E-state index in [1.54, 1.807) is 6.20 Å². The zero-order valence-corrected chi connectivity index (χ0v) is 17.7. The Morgan fingerprint density at radius 2 is 1.82 bits per heavy atom. The Morgan fingerprint density at radius 3 is 2.55 bits per heavy atom. The maximum absolute atomic E-state index is 13.0. The van der Waals surface area contributed by atoms with Gasteiger partial charge >= 0.3 is 6.18 Å². The van der Waals surface area contributed by atoms with E-state index in [9.17, 15) is 18.0 Å². The Morgan fingerprint density at radius 1 is 1.03 bits per heavy atom. The van der Waals surface area contributed by atoms with Gasteiger partial charge in [-0.05, 0) is 48.0 Å². The van der Waals surface area contributed by atoms with Gasteiger partial charge < -0.3 is 15.3 Å². The van der Waals surface area contributed by atoms with E-state index in [0.717, 1.165) is 33.1 Å². The second-order valence-corrected chi connectivity index (χ2v) is 8.44. The van der Waals surface area contributed by atoms with Crippen LogP contribution >= 0.6 is 11.3 Å². The molecule has 166 valence electrons.